The number of carbonyl (C=O) groups is 1. The Labute approximate surface area is 263 Å². The lowest BCUT2D eigenvalue weighted by atomic mass is 10.1. The summed E-state index contributed by atoms with van der Waals surface area (Å²) in [4.78, 5) is 29.4. The molecule has 0 bridgehead atoms. The quantitative estimate of drug-likeness (QED) is 0.156. The SMILES string of the molecule is CC(Cn1ccc(C(=O)N2CCN(c3ccc(C(F)(F)F)cc3)CC2)c1)Nc1cnn(COCC[Si](C)(C)C)c(=O)c1C(F)(F)F. The van der Waals surface area contributed by atoms with E-state index < -0.39 is 48.8 Å². The number of nitrogens with zero attached hydrogens (tertiary/aromatic N) is 5. The fourth-order valence-electron chi connectivity index (χ4n) is 5.01. The normalized spacial score (nSPS) is 15.3. The van der Waals surface area contributed by atoms with Crippen LogP contribution in [-0.4, -0.2) is 72.1 Å². The number of benzene rings is 1. The molecule has 9 nitrogen and oxygen atoms in total. The van der Waals surface area contributed by atoms with E-state index in [4.69, 9.17) is 4.74 Å². The third-order valence-electron chi connectivity index (χ3n) is 7.55. The first-order valence-electron chi connectivity index (χ1n) is 14.8. The molecule has 16 heteroatoms. The molecule has 1 aliphatic heterocycles. The molecule has 1 amide bonds. The number of amides is 1. The Bertz CT molecular complexity index is 1540. The second-order valence-corrected chi connectivity index (χ2v) is 18.2. The van der Waals surface area contributed by atoms with Gasteiger partial charge in [0, 0.05) is 71.5 Å². The highest BCUT2D eigenvalue weighted by Crippen LogP contribution is 2.32. The van der Waals surface area contributed by atoms with E-state index in [0.717, 1.165) is 24.4 Å². The van der Waals surface area contributed by atoms with E-state index in [9.17, 15) is 35.9 Å². The molecule has 0 saturated carbocycles. The van der Waals surface area contributed by atoms with Crippen LogP contribution in [0, 0.1) is 0 Å². The summed E-state index contributed by atoms with van der Waals surface area (Å²) in [5.74, 6) is -0.231. The first-order chi connectivity index (χ1) is 21.4. The maximum absolute atomic E-state index is 14.0. The molecule has 1 fully saturated rings. The Morgan fingerprint density at radius 3 is 2.24 bits per heavy atom. The molecule has 3 heterocycles. The third-order valence-corrected chi connectivity index (χ3v) is 9.25. The molecule has 1 atom stereocenters. The van der Waals surface area contributed by atoms with Crippen LogP contribution in [0.3, 0.4) is 0 Å². The first kappa shape index (κ1) is 35.1. The molecule has 0 radical (unpaired) electrons. The van der Waals surface area contributed by atoms with Crippen molar-refractivity contribution in [1.29, 1.82) is 0 Å². The molecule has 1 aromatic carbocycles. The highest BCUT2D eigenvalue weighted by molar-refractivity contribution is 6.76. The summed E-state index contributed by atoms with van der Waals surface area (Å²) in [6, 6.07) is 6.73. The largest absolute Gasteiger partial charge is 0.423 e. The van der Waals surface area contributed by atoms with Crippen LogP contribution in [-0.2, 0) is 30.4 Å². The summed E-state index contributed by atoms with van der Waals surface area (Å²) in [5.41, 5.74) is -2.80. The summed E-state index contributed by atoms with van der Waals surface area (Å²) in [7, 11) is -1.42. The topological polar surface area (TPSA) is 84.6 Å². The minimum atomic E-state index is -4.92. The van der Waals surface area contributed by atoms with E-state index in [2.05, 4.69) is 30.1 Å². The van der Waals surface area contributed by atoms with E-state index >= 15 is 0 Å². The van der Waals surface area contributed by atoms with E-state index in [1.54, 1.807) is 34.9 Å². The van der Waals surface area contributed by atoms with Crippen molar-refractivity contribution in [3.63, 3.8) is 0 Å². The molecule has 252 valence electrons. The lowest BCUT2D eigenvalue weighted by molar-refractivity contribution is -0.139. The number of hydrogen-bond donors (Lipinski definition) is 1. The fourth-order valence-corrected chi connectivity index (χ4v) is 5.77. The molecule has 1 saturated heterocycles. The number of halogens is 6. The van der Waals surface area contributed by atoms with Crippen molar-refractivity contribution in [2.75, 3.05) is 43.0 Å². The van der Waals surface area contributed by atoms with Crippen molar-refractivity contribution in [2.24, 2.45) is 0 Å². The number of carbonyl (C=O) groups excluding carboxylic acids is 1. The molecular weight excluding hydrogens is 634 g/mol. The number of hydrogen-bond acceptors (Lipinski definition) is 6. The summed E-state index contributed by atoms with van der Waals surface area (Å²) in [5, 5.41) is 6.63. The van der Waals surface area contributed by atoms with Crippen molar-refractivity contribution >= 4 is 25.4 Å². The number of anilines is 2. The average Bonchev–Trinajstić information content (AvgIpc) is 3.42. The van der Waals surface area contributed by atoms with Gasteiger partial charge in [0.1, 0.15) is 12.3 Å². The van der Waals surface area contributed by atoms with Crippen LogP contribution < -0.4 is 15.8 Å². The van der Waals surface area contributed by atoms with Crippen LogP contribution in [0.4, 0.5) is 37.7 Å². The first-order valence-corrected chi connectivity index (χ1v) is 18.5. The smallest absolute Gasteiger partial charge is 0.379 e. The minimum absolute atomic E-state index is 0.190. The predicted molar refractivity (Wildman–Crippen MR) is 165 cm³/mol. The second-order valence-electron chi connectivity index (χ2n) is 12.5. The molecule has 46 heavy (non-hydrogen) atoms. The minimum Gasteiger partial charge on any atom is -0.379 e. The van der Waals surface area contributed by atoms with Gasteiger partial charge in [0.05, 0.1) is 23.0 Å². The van der Waals surface area contributed by atoms with Gasteiger partial charge in [-0.25, -0.2) is 4.68 Å². The maximum atomic E-state index is 14.0. The van der Waals surface area contributed by atoms with Crippen molar-refractivity contribution in [3.05, 3.63) is 76.0 Å². The van der Waals surface area contributed by atoms with Gasteiger partial charge in [-0.3, -0.25) is 9.59 Å². The average molecular weight is 673 g/mol. The second kappa shape index (κ2) is 13.9. The molecule has 1 aliphatic rings. The standard InChI is InChI=1S/C30H38F6N6O3Si/c1-21(38-25-17-37-42(20-45-15-16-46(2,3)4)28(44)26(25)30(34,35)36)18-39-10-9-22(19-39)27(43)41-13-11-40(12-14-41)24-7-5-23(6-8-24)29(31,32)33/h5-10,17,19,21,38H,11-16,18,20H2,1-4H3. The van der Waals surface area contributed by atoms with E-state index in [0.29, 0.717) is 48.7 Å². The van der Waals surface area contributed by atoms with Gasteiger partial charge in [-0.15, -0.1) is 0 Å². The number of nitrogens with one attached hydrogen (secondary N) is 1. The lowest BCUT2D eigenvalue weighted by Gasteiger charge is -2.36. The van der Waals surface area contributed by atoms with E-state index in [-0.39, 0.29) is 19.2 Å². The van der Waals surface area contributed by atoms with E-state index in [1.165, 1.54) is 12.1 Å². The Balaban J connectivity index is 1.34. The van der Waals surface area contributed by atoms with Gasteiger partial charge < -0.3 is 24.4 Å². The van der Waals surface area contributed by atoms with Crippen LogP contribution in [0.5, 0.6) is 0 Å². The van der Waals surface area contributed by atoms with Crippen molar-refractivity contribution in [1.82, 2.24) is 19.2 Å². The molecule has 0 spiro atoms. The highest BCUT2D eigenvalue weighted by atomic mass is 28.3. The van der Waals surface area contributed by atoms with Crippen LogP contribution in [0.1, 0.15) is 28.4 Å². The van der Waals surface area contributed by atoms with Crippen LogP contribution >= 0.6 is 0 Å². The van der Waals surface area contributed by atoms with Crippen molar-refractivity contribution in [3.8, 4) is 0 Å². The zero-order chi connectivity index (χ0) is 33.9. The van der Waals surface area contributed by atoms with Crippen LogP contribution in [0.2, 0.25) is 25.7 Å². The monoisotopic (exact) mass is 672 g/mol. The molecule has 1 unspecified atom stereocenters. The Morgan fingerprint density at radius 2 is 1.65 bits per heavy atom. The van der Waals surface area contributed by atoms with Gasteiger partial charge in [-0.2, -0.15) is 31.4 Å². The van der Waals surface area contributed by atoms with Gasteiger partial charge >= 0.3 is 12.4 Å². The van der Waals surface area contributed by atoms with Gasteiger partial charge in [-0.05, 0) is 43.3 Å². The van der Waals surface area contributed by atoms with Crippen LogP contribution in [0.15, 0.2) is 53.7 Å². The van der Waals surface area contributed by atoms with Crippen LogP contribution in [0.25, 0.3) is 0 Å². The third kappa shape index (κ3) is 9.15. The Hall–Kier alpha value is -3.79. The summed E-state index contributed by atoms with van der Waals surface area (Å²) in [6.45, 7) is 9.80. The Morgan fingerprint density at radius 1 is 1.00 bits per heavy atom. The molecule has 3 aromatic rings. The number of rotatable bonds is 11. The number of alkyl halides is 6. The molecular formula is C30H38F6N6O3Si. The molecule has 4 rings (SSSR count). The van der Waals surface area contributed by atoms with E-state index in [1.807, 2.05) is 4.90 Å². The van der Waals surface area contributed by atoms with Gasteiger partial charge in [0.25, 0.3) is 11.5 Å². The predicted octanol–water partition coefficient (Wildman–Crippen LogP) is 5.86. The van der Waals surface area contributed by atoms with Gasteiger partial charge in [-0.1, -0.05) is 19.6 Å². The highest BCUT2D eigenvalue weighted by Gasteiger charge is 2.38. The number of ether oxygens (including phenoxy) is 1. The number of aromatic nitrogens is 3. The number of piperazine rings is 1. The van der Waals surface area contributed by atoms with Gasteiger partial charge in [0.15, 0.2) is 0 Å². The zero-order valence-electron chi connectivity index (χ0n) is 26.1. The Kier molecular flexibility index (Phi) is 10.6. The summed E-state index contributed by atoms with van der Waals surface area (Å²) >= 11 is 0. The summed E-state index contributed by atoms with van der Waals surface area (Å²) in [6.07, 6.45) is -5.13. The molecule has 0 aliphatic carbocycles. The lowest BCUT2D eigenvalue weighted by Crippen LogP contribution is -2.48. The maximum Gasteiger partial charge on any atom is 0.423 e. The van der Waals surface area contributed by atoms with Crippen molar-refractivity contribution < 1.29 is 35.9 Å². The van der Waals surface area contributed by atoms with Gasteiger partial charge in [0.2, 0.25) is 0 Å². The summed E-state index contributed by atoms with van der Waals surface area (Å²) < 4.78 is 88.2. The zero-order valence-corrected chi connectivity index (χ0v) is 27.1. The van der Waals surface area contributed by atoms with Crippen molar-refractivity contribution in [2.45, 2.75) is 64.3 Å². The molecule has 2 aromatic heterocycles. The fraction of sp³-hybridized carbons (Fsp3) is 0.500. The molecule has 1 N–H and O–H groups in total.